The quantitative estimate of drug-likeness (QED) is 0.433. The molecule has 30 heavy (non-hydrogen) atoms. The lowest BCUT2D eigenvalue weighted by atomic mass is 10.2. The Bertz CT molecular complexity index is 1290. The number of aromatic nitrogens is 3. The highest BCUT2D eigenvalue weighted by Crippen LogP contribution is 2.35. The number of hydrogen-bond acceptors (Lipinski definition) is 8. The first-order valence-electron chi connectivity index (χ1n) is 8.80. The van der Waals surface area contributed by atoms with Crippen molar-refractivity contribution in [3.8, 4) is 11.5 Å². The summed E-state index contributed by atoms with van der Waals surface area (Å²) in [6.45, 7) is 0.220. The number of nitrogens with two attached hydrogens (primary N) is 1. The molecule has 1 unspecified atom stereocenters. The predicted octanol–water partition coefficient (Wildman–Crippen LogP) is 2.90. The number of anilines is 2. The van der Waals surface area contributed by atoms with E-state index >= 15 is 0 Å². The molecule has 0 saturated carbocycles. The molecule has 0 bridgehead atoms. The van der Waals surface area contributed by atoms with Gasteiger partial charge in [0, 0.05) is 16.3 Å². The summed E-state index contributed by atoms with van der Waals surface area (Å²) in [5.74, 6) is 5.03. The van der Waals surface area contributed by atoms with Crippen LogP contribution in [0.2, 0.25) is 0 Å². The molecular formula is C20H19N5O4S. The van der Waals surface area contributed by atoms with Crippen molar-refractivity contribution in [1.82, 2.24) is 15.0 Å². The molecule has 2 aromatic heterocycles. The molecule has 0 aliphatic heterocycles. The molecule has 0 radical (unpaired) electrons. The molecule has 9 nitrogen and oxygen atoms in total. The first-order valence-corrected chi connectivity index (χ1v) is 10.6. The molecule has 4 aromatic rings. The summed E-state index contributed by atoms with van der Waals surface area (Å²) in [6.07, 6.45) is 4.43. The minimum atomic E-state index is -2.79. The average Bonchev–Trinajstić information content (AvgIpc) is 3.24. The molecular weight excluding hydrogens is 406 g/mol. The second kappa shape index (κ2) is 8.01. The first kappa shape index (κ1) is 19.7. The first-order chi connectivity index (χ1) is 14.4. The van der Waals surface area contributed by atoms with Gasteiger partial charge in [0.05, 0.1) is 28.5 Å². The molecule has 0 fully saturated rings. The van der Waals surface area contributed by atoms with Crippen molar-refractivity contribution in [2.75, 3.05) is 12.4 Å². The molecule has 0 spiro atoms. The van der Waals surface area contributed by atoms with Crippen molar-refractivity contribution < 1.29 is 18.1 Å². The van der Waals surface area contributed by atoms with Crippen LogP contribution in [0.3, 0.4) is 0 Å². The highest BCUT2D eigenvalue weighted by molar-refractivity contribution is 7.98. The molecule has 3 N–H and O–H groups in total. The van der Waals surface area contributed by atoms with E-state index in [4.69, 9.17) is 19.0 Å². The van der Waals surface area contributed by atoms with Gasteiger partial charge in [-0.1, -0.05) is 12.1 Å². The maximum atomic E-state index is 12.0. The molecule has 0 aliphatic carbocycles. The third kappa shape index (κ3) is 4.19. The Morgan fingerprint density at radius 2 is 2.07 bits per heavy atom. The third-order valence-corrected chi connectivity index (χ3v) is 5.32. The zero-order valence-electron chi connectivity index (χ0n) is 16.1. The van der Waals surface area contributed by atoms with E-state index in [1.54, 1.807) is 37.4 Å². The average molecular weight is 425 g/mol. The van der Waals surface area contributed by atoms with Crippen LogP contribution in [0.4, 0.5) is 11.8 Å². The van der Waals surface area contributed by atoms with Crippen molar-refractivity contribution in [2.24, 2.45) is 5.14 Å². The number of hydrogen-bond donors (Lipinski definition) is 2. The number of rotatable bonds is 7. The van der Waals surface area contributed by atoms with Crippen LogP contribution in [-0.4, -0.2) is 32.1 Å². The van der Waals surface area contributed by atoms with E-state index in [-0.39, 0.29) is 6.61 Å². The Labute approximate surface area is 173 Å². The van der Waals surface area contributed by atoms with Crippen LogP contribution in [-0.2, 0) is 16.3 Å². The van der Waals surface area contributed by atoms with E-state index in [0.29, 0.717) is 39.1 Å². The Balaban J connectivity index is 1.63. The lowest BCUT2D eigenvalue weighted by Gasteiger charge is -2.13. The fourth-order valence-corrected chi connectivity index (χ4v) is 3.49. The summed E-state index contributed by atoms with van der Waals surface area (Å²) in [7, 11) is -1.25. The number of nitrogens with zero attached hydrogens (tertiary/aromatic N) is 3. The van der Waals surface area contributed by atoms with Gasteiger partial charge in [-0.25, -0.2) is 19.2 Å². The number of nitrogens with one attached hydrogen (secondary N) is 1. The van der Waals surface area contributed by atoms with Crippen LogP contribution >= 0.6 is 0 Å². The monoisotopic (exact) mass is 425 g/mol. The normalized spacial score (nSPS) is 13.0. The maximum absolute atomic E-state index is 12.0. The zero-order chi connectivity index (χ0) is 21.1. The van der Waals surface area contributed by atoms with Crippen molar-refractivity contribution in [1.29, 1.82) is 0 Å². The third-order valence-electron chi connectivity index (χ3n) is 4.27. The minimum absolute atomic E-state index is 0.220. The van der Waals surface area contributed by atoms with Gasteiger partial charge in [-0.15, -0.1) is 0 Å². The van der Waals surface area contributed by atoms with E-state index in [0.717, 1.165) is 5.56 Å². The van der Waals surface area contributed by atoms with Gasteiger partial charge in [0.15, 0.2) is 11.5 Å². The van der Waals surface area contributed by atoms with Gasteiger partial charge in [0.1, 0.15) is 25.0 Å². The maximum Gasteiger partial charge on any atom is 0.300 e. The summed E-state index contributed by atoms with van der Waals surface area (Å²) < 4.78 is 28.6. The summed E-state index contributed by atoms with van der Waals surface area (Å²) in [6, 6.07) is 10.8. The molecule has 0 aliphatic rings. The molecule has 10 heteroatoms. The van der Waals surface area contributed by atoms with Gasteiger partial charge >= 0.3 is 0 Å². The van der Waals surface area contributed by atoms with E-state index in [1.807, 2.05) is 6.07 Å². The molecule has 2 heterocycles. The number of fused-ring (bicyclic) bond motifs is 1. The summed E-state index contributed by atoms with van der Waals surface area (Å²) >= 11 is 0. The fourth-order valence-electron chi connectivity index (χ4n) is 2.83. The van der Waals surface area contributed by atoms with Crippen molar-refractivity contribution >= 4 is 38.3 Å². The highest BCUT2D eigenvalue weighted by Gasteiger charge is 2.13. The molecule has 0 amide bonds. The second-order valence-electron chi connectivity index (χ2n) is 6.37. The Morgan fingerprint density at radius 1 is 1.20 bits per heavy atom. The number of methoxy groups -OCH3 is 1. The Kier molecular flexibility index (Phi) is 5.25. The Morgan fingerprint density at radius 3 is 2.80 bits per heavy atom. The van der Waals surface area contributed by atoms with E-state index in [9.17, 15) is 4.21 Å². The van der Waals surface area contributed by atoms with Crippen LogP contribution in [0, 0.1) is 0 Å². The standard InChI is InChI=1S/C20H19N5O4S/c1-27-17-9-15-16(23-12-24-19(15)25-20-22-6-7-28-20)10-18(17)29-11-13-4-3-5-14(8-13)30(2,21)26/h3-10,12H,2,11H2,1H3,(H2,21,26)(H,22,23,24,25). The Hall–Kier alpha value is -3.63. The largest absolute Gasteiger partial charge is 0.493 e. The van der Waals surface area contributed by atoms with Crippen LogP contribution in [0.25, 0.3) is 10.9 Å². The van der Waals surface area contributed by atoms with E-state index < -0.39 is 9.71 Å². The number of benzene rings is 2. The molecule has 154 valence electrons. The summed E-state index contributed by atoms with van der Waals surface area (Å²) in [5, 5.41) is 9.34. The van der Waals surface area contributed by atoms with Crippen LogP contribution < -0.4 is 19.9 Å². The SMILES string of the molecule is C=S(N)(=O)c1cccc(COc2cc3ncnc(Nc4ncco4)c3cc2OC)c1. The van der Waals surface area contributed by atoms with Crippen molar-refractivity contribution in [2.45, 2.75) is 11.5 Å². The minimum Gasteiger partial charge on any atom is -0.493 e. The van der Waals surface area contributed by atoms with Gasteiger partial charge in [-0.2, -0.15) is 0 Å². The van der Waals surface area contributed by atoms with E-state index in [2.05, 4.69) is 26.1 Å². The number of oxazole rings is 1. The molecule has 0 saturated heterocycles. The lowest BCUT2D eigenvalue weighted by Crippen LogP contribution is -2.12. The summed E-state index contributed by atoms with van der Waals surface area (Å²) in [4.78, 5) is 13.1. The van der Waals surface area contributed by atoms with Gasteiger partial charge in [0.25, 0.3) is 6.01 Å². The van der Waals surface area contributed by atoms with Crippen LogP contribution in [0.5, 0.6) is 11.5 Å². The van der Waals surface area contributed by atoms with Gasteiger partial charge in [-0.3, -0.25) is 10.5 Å². The van der Waals surface area contributed by atoms with Crippen LogP contribution in [0.1, 0.15) is 5.56 Å². The van der Waals surface area contributed by atoms with Gasteiger partial charge in [0.2, 0.25) is 0 Å². The molecule has 4 rings (SSSR count). The second-order valence-corrected chi connectivity index (χ2v) is 8.29. The lowest BCUT2D eigenvalue weighted by molar-refractivity contribution is 0.285. The predicted molar refractivity (Wildman–Crippen MR) is 114 cm³/mol. The topological polar surface area (TPSA) is 125 Å². The zero-order valence-corrected chi connectivity index (χ0v) is 16.9. The smallest absolute Gasteiger partial charge is 0.300 e. The van der Waals surface area contributed by atoms with Crippen molar-refractivity contribution in [3.05, 3.63) is 60.7 Å². The van der Waals surface area contributed by atoms with Gasteiger partial charge in [-0.05, 0) is 29.6 Å². The highest BCUT2D eigenvalue weighted by atomic mass is 32.2. The van der Waals surface area contributed by atoms with Crippen LogP contribution in [0.15, 0.2) is 64.5 Å². The number of ether oxygens (including phenoxy) is 2. The van der Waals surface area contributed by atoms with E-state index in [1.165, 1.54) is 18.8 Å². The summed E-state index contributed by atoms with van der Waals surface area (Å²) in [5.41, 5.74) is 1.44. The fraction of sp³-hybridized carbons (Fsp3) is 0.100. The molecule has 1 atom stereocenters. The van der Waals surface area contributed by atoms with Gasteiger partial charge < -0.3 is 13.9 Å². The van der Waals surface area contributed by atoms with Crippen molar-refractivity contribution in [3.63, 3.8) is 0 Å². The molecule has 2 aromatic carbocycles.